The minimum absolute atomic E-state index is 0.0217. The largest absolute Gasteiger partial charge is 0.389 e. The number of hydrogen-bond acceptors (Lipinski definition) is 2. The first-order chi connectivity index (χ1) is 6.31. The number of β-amino-alcohol motifs (C(OH)–C–C–N with tert-alkyl or cyclic N) is 1. The third-order valence-electron chi connectivity index (χ3n) is 2.63. The van der Waals surface area contributed by atoms with Crippen molar-refractivity contribution in [1.29, 1.82) is 0 Å². The minimum atomic E-state index is -4.10. The first-order valence-corrected chi connectivity index (χ1v) is 4.78. The Balaban J connectivity index is 2.24. The van der Waals surface area contributed by atoms with Crippen molar-refractivity contribution in [3.63, 3.8) is 0 Å². The number of halogens is 3. The van der Waals surface area contributed by atoms with Crippen LogP contribution in [0.15, 0.2) is 0 Å². The summed E-state index contributed by atoms with van der Waals surface area (Å²) in [4.78, 5) is 1.94. The van der Waals surface area contributed by atoms with E-state index in [0.29, 0.717) is 13.0 Å². The van der Waals surface area contributed by atoms with Gasteiger partial charge in [0.05, 0.1) is 5.60 Å². The van der Waals surface area contributed by atoms with E-state index in [9.17, 15) is 18.3 Å². The molecule has 0 spiro atoms. The van der Waals surface area contributed by atoms with Crippen molar-refractivity contribution in [2.45, 2.75) is 37.5 Å². The molecular weight excluding hydrogens is 195 g/mol. The lowest BCUT2D eigenvalue weighted by molar-refractivity contribution is -0.137. The van der Waals surface area contributed by atoms with Crippen LogP contribution >= 0.6 is 0 Å². The first kappa shape index (κ1) is 11.8. The Labute approximate surface area is 81.7 Å². The molecule has 0 bridgehead atoms. The van der Waals surface area contributed by atoms with Gasteiger partial charge >= 0.3 is 6.18 Å². The molecule has 1 unspecified atom stereocenters. The smallest absolute Gasteiger partial charge is 0.389 e. The van der Waals surface area contributed by atoms with Crippen LogP contribution in [0.4, 0.5) is 13.2 Å². The standard InChI is InChI=1S/C9H16F3NO/c1-13-6-5-8(14,7-13)3-2-4-9(10,11)12/h14H,2-7H2,1H3. The van der Waals surface area contributed by atoms with E-state index in [0.717, 1.165) is 6.54 Å². The summed E-state index contributed by atoms with van der Waals surface area (Å²) in [6.45, 7) is 1.26. The van der Waals surface area contributed by atoms with Gasteiger partial charge in [0.2, 0.25) is 0 Å². The lowest BCUT2D eigenvalue weighted by atomic mass is 9.96. The SMILES string of the molecule is CN1CCC(O)(CCCC(F)(F)F)C1. The zero-order valence-corrected chi connectivity index (χ0v) is 8.27. The first-order valence-electron chi connectivity index (χ1n) is 4.78. The second-order valence-electron chi connectivity index (χ2n) is 4.18. The molecule has 0 amide bonds. The molecule has 0 saturated carbocycles. The third-order valence-corrected chi connectivity index (χ3v) is 2.63. The maximum Gasteiger partial charge on any atom is 0.389 e. The fourth-order valence-corrected chi connectivity index (χ4v) is 1.88. The molecule has 0 aromatic carbocycles. The Hall–Kier alpha value is -0.290. The zero-order valence-electron chi connectivity index (χ0n) is 8.27. The Morgan fingerprint density at radius 2 is 2.07 bits per heavy atom. The van der Waals surface area contributed by atoms with E-state index in [1.807, 2.05) is 11.9 Å². The Morgan fingerprint density at radius 3 is 2.50 bits per heavy atom. The van der Waals surface area contributed by atoms with E-state index in [1.165, 1.54) is 0 Å². The van der Waals surface area contributed by atoms with E-state index < -0.39 is 18.2 Å². The molecule has 1 saturated heterocycles. The lowest BCUT2D eigenvalue weighted by Crippen LogP contribution is -2.32. The Morgan fingerprint density at radius 1 is 1.43 bits per heavy atom. The summed E-state index contributed by atoms with van der Waals surface area (Å²) in [7, 11) is 1.86. The van der Waals surface area contributed by atoms with E-state index in [4.69, 9.17) is 0 Å². The van der Waals surface area contributed by atoms with E-state index in [-0.39, 0.29) is 12.8 Å². The maximum atomic E-state index is 11.8. The van der Waals surface area contributed by atoms with Crippen molar-refractivity contribution in [3.05, 3.63) is 0 Å². The number of hydrogen-bond donors (Lipinski definition) is 1. The van der Waals surface area contributed by atoms with Crippen molar-refractivity contribution in [2.75, 3.05) is 20.1 Å². The van der Waals surface area contributed by atoms with Crippen LogP contribution in [0.3, 0.4) is 0 Å². The molecule has 1 fully saturated rings. The van der Waals surface area contributed by atoms with E-state index in [2.05, 4.69) is 0 Å². The number of likely N-dealkylation sites (tertiary alicyclic amines) is 1. The van der Waals surface area contributed by atoms with Gasteiger partial charge in [0.25, 0.3) is 0 Å². The molecule has 1 aliphatic rings. The van der Waals surface area contributed by atoms with Gasteiger partial charge in [-0.05, 0) is 26.3 Å². The van der Waals surface area contributed by atoms with Gasteiger partial charge in [0.15, 0.2) is 0 Å². The summed E-state index contributed by atoms with van der Waals surface area (Å²) in [6.07, 6.45) is -4.04. The number of rotatable bonds is 3. The average molecular weight is 211 g/mol. The molecule has 2 nitrogen and oxygen atoms in total. The van der Waals surface area contributed by atoms with Crippen molar-refractivity contribution in [1.82, 2.24) is 4.90 Å². The molecule has 84 valence electrons. The predicted octanol–water partition coefficient (Wildman–Crippen LogP) is 1.79. The van der Waals surface area contributed by atoms with Gasteiger partial charge in [0, 0.05) is 19.5 Å². The fraction of sp³-hybridized carbons (Fsp3) is 1.00. The molecule has 0 aliphatic carbocycles. The second kappa shape index (κ2) is 4.06. The minimum Gasteiger partial charge on any atom is -0.389 e. The monoisotopic (exact) mass is 211 g/mol. The van der Waals surface area contributed by atoms with E-state index >= 15 is 0 Å². The van der Waals surface area contributed by atoms with Crippen molar-refractivity contribution >= 4 is 0 Å². The van der Waals surface area contributed by atoms with Crippen molar-refractivity contribution in [3.8, 4) is 0 Å². The highest BCUT2D eigenvalue weighted by Crippen LogP contribution is 2.29. The molecule has 0 aromatic heterocycles. The fourth-order valence-electron chi connectivity index (χ4n) is 1.88. The summed E-state index contributed by atoms with van der Waals surface area (Å²) < 4.78 is 35.5. The van der Waals surface area contributed by atoms with Crippen LogP contribution in [0.2, 0.25) is 0 Å². The number of nitrogens with zero attached hydrogens (tertiary/aromatic N) is 1. The molecule has 14 heavy (non-hydrogen) atoms. The molecule has 0 aromatic rings. The van der Waals surface area contributed by atoms with Crippen LogP contribution in [0.25, 0.3) is 0 Å². The van der Waals surface area contributed by atoms with Gasteiger partial charge in [-0.25, -0.2) is 0 Å². The highest BCUT2D eigenvalue weighted by atomic mass is 19.4. The summed E-state index contributed by atoms with van der Waals surface area (Å²) >= 11 is 0. The molecule has 1 N–H and O–H groups in total. The third kappa shape index (κ3) is 3.84. The summed E-state index contributed by atoms with van der Waals surface area (Å²) in [6, 6.07) is 0. The number of likely N-dealkylation sites (N-methyl/N-ethyl adjacent to an activating group) is 1. The molecular formula is C9H16F3NO. The van der Waals surface area contributed by atoms with Crippen LogP contribution in [-0.2, 0) is 0 Å². The van der Waals surface area contributed by atoms with Crippen LogP contribution in [-0.4, -0.2) is 41.9 Å². The number of alkyl halides is 3. The molecule has 0 radical (unpaired) electrons. The normalized spacial score (nSPS) is 29.8. The predicted molar refractivity (Wildman–Crippen MR) is 47.0 cm³/mol. The van der Waals surface area contributed by atoms with Gasteiger partial charge in [-0.15, -0.1) is 0 Å². The summed E-state index contributed by atoms with van der Waals surface area (Å²) in [5.74, 6) is 0. The maximum absolute atomic E-state index is 11.8. The average Bonchev–Trinajstić information content (AvgIpc) is 2.28. The van der Waals surface area contributed by atoms with Gasteiger partial charge < -0.3 is 10.0 Å². The van der Waals surface area contributed by atoms with Crippen molar-refractivity contribution in [2.24, 2.45) is 0 Å². The van der Waals surface area contributed by atoms with Gasteiger partial charge in [-0.2, -0.15) is 13.2 Å². The van der Waals surface area contributed by atoms with Crippen LogP contribution in [0, 0.1) is 0 Å². The summed E-state index contributed by atoms with van der Waals surface area (Å²) in [5.41, 5.74) is -0.889. The van der Waals surface area contributed by atoms with Crippen molar-refractivity contribution < 1.29 is 18.3 Å². The Kier molecular flexibility index (Phi) is 3.42. The highest BCUT2D eigenvalue weighted by molar-refractivity contribution is 4.88. The molecule has 5 heteroatoms. The van der Waals surface area contributed by atoms with Gasteiger partial charge in [0.1, 0.15) is 0 Å². The van der Waals surface area contributed by atoms with Gasteiger partial charge in [-0.1, -0.05) is 0 Å². The van der Waals surface area contributed by atoms with E-state index in [1.54, 1.807) is 0 Å². The van der Waals surface area contributed by atoms with Crippen LogP contribution in [0.5, 0.6) is 0 Å². The zero-order chi connectivity index (χ0) is 10.8. The molecule has 1 heterocycles. The molecule has 1 atom stereocenters. The van der Waals surface area contributed by atoms with Crippen LogP contribution < -0.4 is 0 Å². The topological polar surface area (TPSA) is 23.5 Å². The highest BCUT2D eigenvalue weighted by Gasteiger charge is 2.35. The Bertz CT molecular complexity index is 195. The van der Waals surface area contributed by atoms with Gasteiger partial charge in [-0.3, -0.25) is 0 Å². The number of aliphatic hydroxyl groups is 1. The quantitative estimate of drug-likeness (QED) is 0.769. The summed E-state index contributed by atoms with van der Waals surface area (Å²) in [5, 5.41) is 9.85. The molecule has 1 rings (SSSR count). The lowest BCUT2D eigenvalue weighted by Gasteiger charge is -2.22. The van der Waals surface area contributed by atoms with Crippen LogP contribution in [0.1, 0.15) is 25.7 Å². The second-order valence-corrected chi connectivity index (χ2v) is 4.18. The molecule has 1 aliphatic heterocycles.